The maximum Gasteiger partial charge on any atom is 0.126 e. The number of fused-ring (bicyclic) bond motifs is 1. The number of unbranched alkanes of at least 4 members (excludes halogenated alkanes) is 3. The molecule has 2 aliphatic rings. The van der Waals surface area contributed by atoms with E-state index in [1.807, 2.05) is 12.1 Å². The summed E-state index contributed by atoms with van der Waals surface area (Å²) in [4.78, 5) is 2.50. The van der Waals surface area contributed by atoms with Gasteiger partial charge in [-0.3, -0.25) is 4.90 Å². The number of hydrogen-bond acceptors (Lipinski definition) is 5. The monoisotopic (exact) mass is 523 g/mol. The predicted octanol–water partition coefficient (Wildman–Crippen LogP) is 6.39. The van der Waals surface area contributed by atoms with E-state index in [-0.39, 0.29) is 30.0 Å². The largest absolute Gasteiger partial charge is 0.508 e. The minimum atomic E-state index is 0. The second kappa shape index (κ2) is 13.7. The molecule has 0 amide bonds. The summed E-state index contributed by atoms with van der Waals surface area (Å²) < 4.78 is 17.6. The van der Waals surface area contributed by atoms with Crippen LogP contribution in [0.2, 0.25) is 0 Å². The molecule has 5 rings (SSSR count). The number of ether oxygens (including phenoxy) is 3. The van der Waals surface area contributed by atoms with Gasteiger partial charge in [-0.1, -0.05) is 61.4 Å². The average Bonchev–Trinajstić information content (AvgIpc) is 2.93. The first-order valence-electron chi connectivity index (χ1n) is 13.3. The van der Waals surface area contributed by atoms with Gasteiger partial charge in [-0.15, -0.1) is 12.4 Å². The van der Waals surface area contributed by atoms with E-state index in [0.717, 1.165) is 56.4 Å². The van der Waals surface area contributed by atoms with E-state index in [2.05, 4.69) is 53.4 Å². The smallest absolute Gasteiger partial charge is 0.126 e. The molecule has 1 N–H and O–H groups in total. The van der Waals surface area contributed by atoms with Gasteiger partial charge in [0.25, 0.3) is 0 Å². The number of hydrogen-bond donors (Lipinski definition) is 1. The number of rotatable bonds is 10. The molecule has 2 atom stereocenters. The Morgan fingerprint density at radius 3 is 2.38 bits per heavy atom. The Labute approximate surface area is 226 Å². The highest BCUT2D eigenvalue weighted by atomic mass is 35.5. The molecule has 0 aromatic heterocycles. The molecule has 6 heteroatoms. The van der Waals surface area contributed by atoms with Gasteiger partial charge >= 0.3 is 0 Å². The normalized spacial score (nSPS) is 19.4. The summed E-state index contributed by atoms with van der Waals surface area (Å²) in [5, 5.41) is 9.97. The third-order valence-electron chi connectivity index (χ3n) is 7.36. The van der Waals surface area contributed by atoms with Gasteiger partial charge in [-0.2, -0.15) is 0 Å². The van der Waals surface area contributed by atoms with Crippen molar-refractivity contribution in [3.63, 3.8) is 0 Å². The van der Waals surface area contributed by atoms with Crippen LogP contribution in [0.15, 0.2) is 72.8 Å². The zero-order valence-electron chi connectivity index (χ0n) is 21.4. The summed E-state index contributed by atoms with van der Waals surface area (Å²) in [5.41, 5.74) is 3.60. The van der Waals surface area contributed by atoms with E-state index in [1.165, 1.54) is 36.9 Å². The van der Waals surface area contributed by atoms with Crippen LogP contribution in [0.1, 0.15) is 54.2 Å². The Kier molecular flexibility index (Phi) is 10.1. The van der Waals surface area contributed by atoms with Crippen molar-refractivity contribution in [1.29, 1.82) is 0 Å². The minimum Gasteiger partial charge on any atom is -0.508 e. The van der Waals surface area contributed by atoms with Gasteiger partial charge in [0, 0.05) is 36.6 Å². The predicted molar refractivity (Wildman–Crippen MR) is 150 cm³/mol. The molecular weight excluding hydrogens is 486 g/mol. The number of nitrogens with zero attached hydrogens (tertiary/aromatic N) is 1. The summed E-state index contributed by atoms with van der Waals surface area (Å²) in [6.45, 7) is 6.43. The van der Waals surface area contributed by atoms with Crippen molar-refractivity contribution >= 4 is 12.4 Å². The molecular formula is C31H38ClNO4. The van der Waals surface area contributed by atoms with E-state index < -0.39 is 0 Å². The Hall–Kier alpha value is -2.73. The standard InChI is InChI=1S/C31H37NO4.ClH/c33-26-12-15-28-30(22-26)36-23-29(24-8-4-3-5-9-24)31(28)25-10-13-27(14-11-25)35-19-7-2-1-6-16-32-17-20-34-21-18-32;/h3-5,8-15,22,29,31,33H,1-2,6-7,16-21,23H2;1H. The number of benzene rings is 3. The molecule has 0 bridgehead atoms. The summed E-state index contributed by atoms with van der Waals surface area (Å²) in [6.07, 6.45) is 4.78. The van der Waals surface area contributed by atoms with Crippen LogP contribution in [-0.4, -0.2) is 56.1 Å². The molecule has 3 aromatic carbocycles. The second-order valence-electron chi connectivity index (χ2n) is 9.81. The quantitative estimate of drug-likeness (QED) is 0.312. The number of phenols is 1. The molecule has 1 fully saturated rings. The van der Waals surface area contributed by atoms with E-state index in [4.69, 9.17) is 14.2 Å². The van der Waals surface area contributed by atoms with Crippen LogP contribution < -0.4 is 9.47 Å². The first-order valence-corrected chi connectivity index (χ1v) is 13.3. The molecule has 2 aliphatic heterocycles. The number of aromatic hydroxyl groups is 1. The first-order chi connectivity index (χ1) is 17.8. The van der Waals surface area contributed by atoms with E-state index in [9.17, 15) is 5.11 Å². The molecule has 37 heavy (non-hydrogen) atoms. The van der Waals surface area contributed by atoms with Crippen molar-refractivity contribution in [2.75, 3.05) is 46.1 Å². The van der Waals surface area contributed by atoms with Crippen molar-refractivity contribution in [3.8, 4) is 17.2 Å². The Bertz CT molecular complexity index is 1090. The lowest BCUT2D eigenvalue weighted by Gasteiger charge is -2.34. The van der Waals surface area contributed by atoms with E-state index in [1.54, 1.807) is 12.1 Å². The number of phenolic OH excluding ortho intramolecular Hbond substituents is 1. The van der Waals surface area contributed by atoms with E-state index >= 15 is 0 Å². The third-order valence-corrected chi connectivity index (χ3v) is 7.36. The minimum absolute atomic E-state index is 0. The topological polar surface area (TPSA) is 51.2 Å². The highest BCUT2D eigenvalue weighted by Gasteiger charge is 2.33. The molecule has 0 saturated carbocycles. The molecule has 198 valence electrons. The van der Waals surface area contributed by atoms with Crippen LogP contribution >= 0.6 is 12.4 Å². The highest BCUT2D eigenvalue weighted by molar-refractivity contribution is 5.85. The molecule has 0 radical (unpaired) electrons. The van der Waals surface area contributed by atoms with Gasteiger partial charge in [0.15, 0.2) is 0 Å². The molecule has 3 aromatic rings. The number of halogens is 1. The van der Waals surface area contributed by atoms with Crippen molar-refractivity contribution < 1.29 is 19.3 Å². The van der Waals surface area contributed by atoms with Crippen LogP contribution in [0.4, 0.5) is 0 Å². The fourth-order valence-corrected chi connectivity index (χ4v) is 5.38. The fraction of sp³-hybridized carbons (Fsp3) is 0.419. The lowest BCUT2D eigenvalue weighted by molar-refractivity contribution is 0.0371. The SMILES string of the molecule is Cl.Oc1ccc2c(c1)OCC(c1ccccc1)C2c1ccc(OCCCCCCN2CCOCC2)cc1. The molecule has 2 unspecified atom stereocenters. The van der Waals surface area contributed by atoms with E-state index in [0.29, 0.717) is 6.61 Å². The molecule has 2 heterocycles. The second-order valence-corrected chi connectivity index (χ2v) is 9.81. The Morgan fingerprint density at radius 2 is 1.59 bits per heavy atom. The molecule has 1 saturated heterocycles. The van der Waals surface area contributed by atoms with Crippen molar-refractivity contribution in [3.05, 3.63) is 89.5 Å². The zero-order chi connectivity index (χ0) is 24.6. The average molecular weight is 524 g/mol. The fourth-order valence-electron chi connectivity index (χ4n) is 5.38. The van der Waals surface area contributed by atoms with Gasteiger partial charge in [0.2, 0.25) is 0 Å². The maximum absolute atomic E-state index is 9.97. The van der Waals surface area contributed by atoms with Gasteiger partial charge < -0.3 is 19.3 Å². The lowest BCUT2D eigenvalue weighted by atomic mass is 9.76. The van der Waals surface area contributed by atoms with Crippen LogP contribution in [0.3, 0.4) is 0 Å². The maximum atomic E-state index is 9.97. The van der Waals surface area contributed by atoms with Gasteiger partial charge in [0.05, 0.1) is 26.4 Å². The Balaban J connectivity index is 0.00000320. The van der Waals surface area contributed by atoms with Gasteiger partial charge in [-0.25, -0.2) is 0 Å². The van der Waals surface area contributed by atoms with Gasteiger partial charge in [-0.05, 0) is 48.7 Å². The van der Waals surface area contributed by atoms with Crippen LogP contribution in [-0.2, 0) is 4.74 Å². The zero-order valence-corrected chi connectivity index (χ0v) is 22.2. The third kappa shape index (κ3) is 7.19. The van der Waals surface area contributed by atoms with Crippen LogP contribution in [0.5, 0.6) is 17.2 Å². The highest BCUT2D eigenvalue weighted by Crippen LogP contribution is 2.47. The first kappa shape index (κ1) is 27.3. The molecule has 0 aliphatic carbocycles. The summed E-state index contributed by atoms with van der Waals surface area (Å²) in [6, 6.07) is 24.6. The van der Waals surface area contributed by atoms with Crippen molar-refractivity contribution in [1.82, 2.24) is 4.90 Å². The Morgan fingerprint density at radius 1 is 0.838 bits per heavy atom. The summed E-state index contributed by atoms with van der Waals surface area (Å²) >= 11 is 0. The van der Waals surface area contributed by atoms with Crippen molar-refractivity contribution in [2.24, 2.45) is 0 Å². The summed E-state index contributed by atoms with van der Waals surface area (Å²) in [5.74, 6) is 2.27. The number of morpholine rings is 1. The molecule has 0 spiro atoms. The van der Waals surface area contributed by atoms with Crippen molar-refractivity contribution in [2.45, 2.75) is 37.5 Å². The van der Waals surface area contributed by atoms with Crippen LogP contribution in [0, 0.1) is 0 Å². The lowest BCUT2D eigenvalue weighted by Crippen LogP contribution is -2.36. The molecule has 5 nitrogen and oxygen atoms in total. The summed E-state index contributed by atoms with van der Waals surface area (Å²) in [7, 11) is 0. The van der Waals surface area contributed by atoms with Gasteiger partial charge in [0.1, 0.15) is 17.2 Å². The van der Waals surface area contributed by atoms with Crippen LogP contribution in [0.25, 0.3) is 0 Å².